The molecule has 0 radical (unpaired) electrons. The molecule has 0 aromatic rings. The van der Waals surface area contributed by atoms with E-state index >= 15 is 0 Å². The highest BCUT2D eigenvalue weighted by molar-refractivity contribution is 5.92. The van der Waals surface area contributed by atoms with Gasteiger partial charge in [0.2, 0.25) is 11.8 Å². The summed E-state index contributed by atoms with van der Waals surface area (Å²) < 4.78 is 0. The van der Waals surface area contributed by atoms with Gasteiger partial charge < -0.3 is 20.6 Å². The van der Waals surface area contributed by atoms with Crippen LogP contribution in [-0.4, -0.2) is 59.5 Å². The molecule has 0 aromatic carbocycles. The molecule has 0 aliphatic rings. The molecule has 2 amide bonds. The summed E-state index contributed by atoms with van der Waals surface area (Å²) >= 11 is 0. The van der Waals surface area contributed by atoms with Gasteiger partial charge in [0.1, 0.15) is 6.04 Å². The Bertz CT molecular complexity index is 555. The van der Waals surface area contributed by atoms with Crippen LogP contribution in [0.4, 0.5) is 0 Å². The van der Waals surface area contributed by atoms with E-state index in [1.165, 1.54) is 24.3 Å². The van der Waals surface area contributed by atoms with Crippen LogP contribution in [0.15, 0.2) is 11.6 Å². The molecule has 0 aliphatic heterocycles. The molecule has 30 heavy (non-hydrogen) atoms. The lowest BCUT2D eigenvalue weighted by Gasteiger charge is -2.35. The van der Waals surface area contributed by atoms with E-state index in [9.17, 15) is 14.4 Å². The molecule has 3 N–H and O–H groups in total. The Morgan fingerprint density at radius 3 is 1.93 bits per heavy atom. The average Bonchev–Trinajstić information content (AvgIpc) is 2.70. The molecule has 0 bridgehead atoms. The summed E-state index contributed by atoms with van der Waals surface area (Å²) in [7, 11) is 1.61. The maximum atomic E-state index is 13.0. The van der Waals surface area contributed by atoms with Crippen LogP contribution in [0.3, 0.4) is 0 Å². The summed E-state index contributed by atoms with van der Waals surface area (Å²) in [6.07, 6.45) is 4.92. The Hall–Kier alpha value is -1.89. The van der Waals surface area contributed by atoms with Crippen molar-refractivity contribution in [2.24, 2.45) is 5.92 Å². The predicted molar refractivity (Wildman–Crippen MR) is 123 cm³/mol. The minimum absolute atomic E-state index is 0.0916. The molecule has 7 heteroatoms. The number of hydrogen-bond donors (Lipinski definition) is 3. The van der Waals surface area contributed by atoms with Crippen LogP contribution < -0.4 is 10.6 Å². The van der Waals surface area contributed by atoms with Crippen molar-refractivity contribution in [3.63, 3.8) is 0 Å². The van der Waals surface area contributed by atoms with E-state index in [0.29, 0.717) is 12.8 Å². The summed E-state index contributed by atoms with van der Waals surface area (Å²) in [5.74, 6) is -1.50. The van der Waals surface area contributed by atoms with Gasteiger partial charge in [0, 0.05) is 19.2 Å². The third-order valence-corrected chi connectivity index (χ3v) is 4.96. The lowest BCUT2D eigenvalue weighted by molar-refractivity contribution is -0.138. The van der Waals surface area contributed by atoms with Crippen molar-refractivity contribution in [1.29, 1.82) is 0 Å². The number of carbonyl (C=O) groups excluding carboxylic acids is 2. The second kappa shape index (κ2) is 15.9. The van der Waals surface area contributed by atoms with Crippen molar-refractivity contribution in [3.05, 3.63) is 11.6 Å². The van der Waals surface area contributed by atoms with Gasteiger partial charge >= 0.3 is 5.97 Å². The fourth-order valence-electron chi connectivity index (χ4n) is 2.75. The number of amides is 2. The maximum Gasteiger partial charge on any atom is 0.331 e. The van der Waals surface area contributed by atoms with Gasteiger partial charge in [-0.1, -0.05) is 61.0 Å². The number of hydrogen-bond acceptors (Lipinski definition) is 4. The normalized spacial score (nSPS) is 12.7. The van der Waals surface area contributed by atoms with Gasteiger partial charge in [-0.3, -0.25) is 9.59 Å². The number of rotatable bonds is 12. The highest BCUT2D eigenvalue weighted by atomic mass is 16.4. The molecule has 1 unspecified atom stereocenters. The van der Waals surface area contributed by atoms with Crippen LogP contribution in [0.2, 0.25) is 0 Å². The molecule has 0 rings (SSSR count). The molecule has 0 fully saturated rings. The molecule has 0 saturated heterocycles. The van der Waals surface area contributed by atoms with Gasteiger partial charge in [-0.15, -0.1) is 0 Å². The van der Waals surface area contributed by atoms with Gasteiger partial charge in [0.15, 0.2) is 0 Å². The molecule has 176 valence electrons. The molecule has 0 aliphatic carbocycles. The van der Waals surface area contributed by atoms with Crippen LogP contribution in [0.1, 0.15) is 81.1 Å². The summed E-state index contributed by atoms with van der Waals surface area (Å²) in [5, 5.41) is 15.2. The lowest BCUT2D eigenvalue weighted by Crippen LogP contribution is -2.61. The zero-order valence-electron chi connectivity index (χ0n) is 20.6. The third kappa shape index (κ3) is 10.2. The summed E-state index contributed by atoms with van der Waals surface area (Å²) in [6.45, 7) is 16.4. The number of carboxylic acid groups (broad SMARTS) is 1. The van der Waals surface area contributed by atoms with Gasteiger partial charge in [-0.05, 0) is 38.6 Å². The van der Waals surface area contributed by atoms with Crippen molar-refractivity contribution in [1.82, 2.24) is 15.5 Å². The highest BCUT2D eigenvalue weighted by Gasteiger charge is 2.37. The topological polar surface area (TPSA) is 98.7 Å². The van der Waals surface area contributed by atoms with Gasteiger partial charge in [0.25, 0.3) is 0 Å². The molecule has 7 nitrogen and oxygen atoms in total. The SMILES string of the molecule is CCC.CCCNC(CC)(CC)C(=O)NC(C(=O)N(C)C/C=C(\C)C(=O)O)C(C)C. The first-order valence-electron chi connectivity index (χ1n) is 11.2. The fourth-order valence-corrected chi connectivity index (χ4v) is 2.75. The summed E-state index contributed by atoms with van der Waals surface area (Å²) in [6, 6.07) is -0.665. The molecular formula is C23H45N3O4. The van der Waals surface area contributed by atoms with E-state index < -0.39 is 17.6 Å². The van der Waals surface area contributed by atoms with Crippen LogP contribution in [-0.2, 0) is 14.4 Å². The Morgan fingerprint density at radius 1 is 1.07 bits per heavy atom. The Labute approximate surface area is 183 Å². The number of aliphatic carboxylic acids is 1. The zero-order chi connectivity index (χ0) is 23.9. The molecule has 0 aromatic heterocycles. The molecule has 1 atom stereocenters. The van der Waals surface area contributed by atoms with Crippen molar-refractivity contribution >= 4 is 17.8 Å². The van der Waals surface area contributed by atoms with Crippen molar-refractivity contribution in [2.45, 2.75) is 92.7 Å². The summed E-state index contributed by atoms with van der Waals surface area (Å²) in [5.41, 5.74) is -0.513. The Balaban J connectivity index is 0. The van der Waals surface area contributed by atoms with Crippen LogP contribution in [0, 0.1) is 5.92 Å². The number of likely N-dealkylation sites (N-methyl/N-ethyl adjacent to an activating group) is 1. The number of nitrogens with one attached hydrogen (secondary N) is 2. The monoisotopic (exact) mass is 427 g/mol. The van der Waals surface area contributed by atoms with Crippen LogP contribution >= 0.6 is 0 Å². The van der Waals surface area contributed by atoms with Gasteiger partial charge in [0.05, 0.1) is 5.54 Å². The predicted octanol–water partition coefficient (Wildman–Crippen LogP) is 3.59. The van der Waals surface area contributed by atoms with Crippen molar-refractivity contribution < 1.29 is 19.5 Å². The van der Waals surface area contributed by atoms with E-state index in [-0.39, 0.29) is 29.9 Å². The first kappa shape index (κ1) is 30.3. The number of carboxylic acids is 1. The smallest absolute Gasteiger partial charge is 0.331 e. The largest absolute Gasteiger partial charge is 0.478 e. The maximum absolute atomic E-state index is 13.0. The minimum atomic E-state index is -1.01. The Kier molecular flexibility index (Phi) is 16.0. The first-order chi connectivity index (χ1) is 14.0. The second-order valence-electron chi connectivity index (χ2n) is 8.03. The third-order valence-electron chi connectivity index (χ3n) is 4.96. The van der Waals surface area contributed by atoms with E-state index in [2.05, 4.69) is 24.5 Å². The molecular weight excluding hydrogens is 382 g/mol. The van der Waals surface area contributed by atoms with E-state index in [1.54, 1.807) is 7.05 Å². The van der Waals surface area contributed by atoms with Gasteiger partial charge in [-0.25, -0.2) is 4.79 Å². The average molecular weight is 428 g/mol. The standard InChI is InChI=1S/C20H37N3O4.C3H8/c1-8-12-21-20(9-2,10-3)19(27)22-16(14(4)5)17(24)23(7)13-11-15(6)18(25)26;1-3-2/h11,14,16,21H,8-10,12-13H2,1-7H3,(H,22,27)(H,25,26);3H2,1-2H3/b15-11+;. The fraction of sp³-hybridized carbons (Fsp3) is 0.783. The number of carbonyl (C=O) groups is 3. The van der Waals surface area contributed by atoms with E-state index in [1.807, 2.05) is 34.6 Å². The first-order valence-corrected chi connectivity index (χ1v) is 11.2. The summed E-state index contributed by atoms with van der Waals surface area (Å²) in [4.78, 5) is 38.2. The Morgan fingerprint density at radius 2 is 1.57 bits per heavy atom. The number of nitrogens with zero attached hydrogens (tertiary/aromatic N) is 1. The van der Waals surface area contributed by atoms with Crippen molar-refractivity contribution in [3.8, 4) is 0 Å². The molecule has 0 spiro atoms. The second-order valence-corrected chi connectivity index (χ2v) is 8.03. The van der Waals surface area contributed by atoms with Crippen LogP contribution in [0.5, 0.6) is 0 Å². The van der Waals surface area contributed by atoms with E-state index in [4.69, 9.17) is 5.11 Å². The quantitative estimate of drug-likeness (QED) is 0.413. The van der Waals surface area contributed by atoms with E-state index in [0.717, 1.165) is 13.0 Å². The zero-order valence-corrected chi connectivity index (χ0v) is 20.6. The highest BCUT2D eigenvalue weighted by Crippen LogP contribution is 2.17. The van der Waals surface area contributed by atoms with Crippen molar-refractivity contribution in [2.75, 3.05) is 20.1 Å². The molecule has 0 heterocycles. The minimum Gasteiger partial charge on any atom is -0.478 e. The molecule has 0 saturated carbocycles. The van der Waals surface area contributed by atoms with Gasteiger partial charge in [-0.2, -0.15) is 0 Å². The van der Waals surface area contributed by atoms with Crippen LogP contribution in [0.25, 0.3) is 0 Å². The lowest BCUT2D eigenvalue weighted by atomic mass is 9.90.